The predicted molar refractivity (Wildman–Crippen MR) is 151 cm³/mol. The number of rotatable bonds is 4. The maximum atomic E-state index is 13.9. The summed E-state index contributed by atoms with van der Waals surface area (Å²) >= 11 is 0. The quantitative estimate of drug-likeness (QED) is 0.588. The molecular weight excluding hydrogens is 488 g/mol. The maximum absolute atomic E-state index is 13.9. The van der Waals surface area contributed by atoms with Crippen molar-refractivity contribution < 1.29 is 19.4 Å². The first-order valence-electron chi connectivity index (χ1n) is 14.4. The van der Waals surface area contributed by atoms with Crippen LogP contribution in [0.1, 0.15) is 60.9 Å². The van der Waals surface area contributed by atoms with E-state index in [1.165, 1.54) is 11.1 Å². The number of carbonyl (C=O) groups excluding carboxylic acids is 1. The molecule has 39 heavy (non-hydrogen) atoms. The fourth-order valence-corrected chi connectivity index (χ4v) is 8.01. The number of piperidine rings is 1. The number of amides is 1. The van der Waals surface area contributed by atoms with Crippen molar-refractivity contribution in [2.24, 2.45) is 11.8 Å². The van der Waals surface area contributed by atoms with Crippen molar-refractivity contribution in [3.05, 3.63) is 52.1 Å². The molecule has 1 N–H and O–H groups in total. The first-order chi connectivity index (χ1) is 18.6. The third kappa shape index (κ3) is 3.92. The molecular formula is C33H40N2O4. The number of methoxy groups -OCH3 is 1. The van der Waals surface area contributed by atoms with Crippen LogP contribution in [0.15, 0.2) is 24.3 Å². The van der Waals surface area contributed by atoms with Crippen molar-refractivity contribution in [1.29, 1.82) is 0 Å². The van der Waals surface area contributed by atoms with E-state index in [2.05, 4.69) is 57.5 Å². The number of hydrogen-bond donors (Lipinski definition) is 1. The summed E-state index contributed by atoms with van der Waals surface area (Å²) in [4.78, 5) is 18.3. The zero-order valence-electron chi connectivity index (χ0n) is 24.0. The molecule has 1 amide bonds. The molecule has 0 unspecified atom stereocenters. The Morgan fingerprint density at radius 2 is 2.05 bits per heavy atom. The van der Waals surface area contributed by atoms with Gasteiger partial charge in [-0.05, 0) is 88.2 Å². The third-order valence-corrected chi connectivity index (χ3v) is 9.92. The van der Waals surface area contributed by atoms with Gasteiger partial charge in [0.15, 0.2) is 11.5 Å². The number of ether oxygens (including phenoxy) is 2. The molecule has 6 rings (SSSR count). The van der Waals surface area contributed by atoms with Gasteiger partial charge in [-0.2, -0.15) is 0 Å². The Morgan fingerprint density at radius 1 is 1.26 bits per heavy atom. The molecule has 2 aromatic carbocycles. The minimum atomic E-state index is -0.244. The summed E-state index contributed by atoms with van der Waals surface area (Å²) in [6.45, 7) is 10.0. The number of carbonyl (C=O) groups is 1. The van der Waals surface area contributed by atoms with E-state index in [9.17, 15) is 9.90 Å². The van der Waals surface area contributed by atoms with Crippen molar-refractivity contribution in [2.75, 3.05) is 27.2 Å². The van der Waals surface area contributed by atoms with Crippen LogP contribution in [0.2, 0.25) is 0 Å². The minimum absolute atomic E-state index is 0.0977. The topological polar surface area (TPSA) is 62.2 Å². The molecule has 5 atom stereocenters. The highest BCUT2D eigenvalue weighted by atomic mass is 16.5. The third-order valence-electron chi connectivity index (χ3n) is 9.92. The SMILES string of the molecule is COc1cc(O)c2c3c1O[C@H]1[C@H](N(CC(C)C)C(=O)C#Cc4ccc(C)c(C)c4)CC[C@H]4[C@@H](C2)N(C)CC[C@@]341. The fourth-order valence-electron chi connectivity index (χ4n) is 8.01. The standard InChI is InChI=1S/C33H40N2O4/c1-19(2)18-35(29(37)12-9-22-8-7-20(3)21(4)15-22)25-11-10-24-26-16-23-27(36)17-28(38-6)31-30(23)33(24,32(25)39-31)13-14-34(26)5/h7-8,15,17,19,24-26,32,36H,10-11,13-14,16,18H2,1-6H3/t24-,25+,26+,32-,33-/m0/s1. The summed E-state index contributed by atoms with van der Waals surface area (Å²) in [5.74, 6) is 8.35. The van der Waals surface area contributed by atoms with E-state index in [0.29, 0.717) is 35.9 Å². The molecule has 206 valence electrons. The molecule has 2 aliphatic heterocycles. The highest BCUT2D eigenvalue weighted by molar-refractivity contribution is 5.94. The van der Waals surface area contributed by atoms with Gasteiger partial charge in [0.05, 0.1) is 13.2 Å². The lowest BCUT2D eigenvalue weighted by molar-refractivity contribution is -0.137. The lowest BCUT2D eigenvalue weighted by Crippen LogP contribution is -2.68. The van der Waals surface area contributed by atoms with Crippen LogP contribution in [0, 0.1) is 37.5 Å². The van der Waals surface area contributed by atoms with Crippen molar-refractivity contribution in [2.45, 2.75) is 77.0 Å². The zero-order chi connectivity index (χ0) is 27.6. The number of phenols is 1. The van der Waals surface area contributed by atoms with Gasteiger partial charge in [0.25, 0.3) is 5.91 Å². The Hall–Kier alpha value is -3.17. The Bertz CT molecular complexity index is 1390. The average Bonchev–Trinajstić information content (AvgIpc) is 3.25. The number of aromatic hydroxyl groups is 1. The van der Waals surface area contributed by atoms with Crippen LogP contribution in [0.4, 0.5) is 0 Å². The molecule has 6 heteroatoms. The number of benzene rings is 2. The monoisotopic (exact) mass is 528 g/mol. The lowest BCUT2D eigenvalue weighted by Gasteiger charge is -2.60. The number of likely N-dealkylation sites (N-methyl/N-ethyl adjacent to an activating group) is 1. The second-order valence-electron chi connectivity index (χ2n) is 12.5. The number of hydrogen-bond acceptors (Lipinski definition) is 5. The summed E-state index contributed by atoms with van der Waals surface area (Å²) in [5, 5.41) is 11.1. The van der Waals surface area contributed by atoms with Crippen molar-refractivity contribution >= 4 is 5.91 Å². The van der Waals surface area contributed by atoms with E-state index >= 15 is 0 Å². The van der Waals surface area contributed by atoms with Gasteiger partial charge >= 0.3 is 0 Å². The van der Waals surface area contributed by atoms with Crippen LogP contribution in [-0.4, -0.2) is 66.2 Å². The van der Waals surface area contributed by atoms with Gasteiger partial charge in [0, 0.05) is 46.7 Å². The second-order valence-corrected chi connectivity index (χ2v) is 12.5. The molecule has 4 aliphatic rings. The summed E-state index contributed by atoms with van der Waals surface area (Å²) in [5.41, 5.74) is 5.14. The minimum Gasteiger partial charge on any atom is -0.508 e. The van der Waals surface area contributed by atoms with Gasteiger partial charge in [0.2, 0.25) is 0 Å². The van der Waals surface area contributed by atoms with Crippen LogP contribution >= 0.6 is 0 Å². The molecule has 2 heterocycles. The smallest absolute Gasteiger partial charge is 0.299 e. The van der Waals surface area contributed by atoms with E-state index in [0.717, 1.165) is 54.7 Å². The summed E-state index contributed by atoms with van der Waals surface area (Å²) < 4.78 is 12.6. The number of phenolic OH excluding ortho intramolecular Hbond substituents is 1. The molecule has 2 fully saturated rings. The zero-order valence-corrected chi connectivity index (χ0v) is 24.0. The molecule has 2 aliphatic carbocycles. The maximum Gasteiger partial charge on any atom is 0.299 e. The van der Waals surface area contributed by atoms with Gasteiger partial charge in [-0.25, -0.2) is 0 Å². The summed E-state index contributed by atoms with van der Waals surface area (Å²) in [6, 6.07) is 8.04. The van der Waals surface area contributed by atoms with Crippen molar-refractivity contribution in [3.8, 4) is 29.1 Å². The first kappa shape index (κ1) is 26.1. The molecule has 2 aromatic rings. The normalized spacial score (nSPS) is 28.3. The van der Waals surface area contributed by atoms with E-state index in [-0.39, 0.29) is 23.5 Å². The largest absolute Gasteiger partial charge is 0.508 e. The molecule has 2 bridgehead atoms. The predicted octanol–water partition coefficient (Wildman–Crippen LogP) is 4.59. The molecule has 0 aromatic heterocycles. The molecule has 6 nitrogen and oxygen atoms in total. The number of aryl methyl sites for hydroxylation is 2. The van der Waals surface area contributed by atoms with Crippen molar-refractivity contribution in [3.63, 3.8) is 0 Å². The van der Waals surface area contributed by atoms with Gasteiger partial charge in [-0.1, -0.05) is 25.8 Å². The van der Waals surface area contributed by atoms with Gasteiger partial charge in [-0.15, -0.1) is 0 Å². The Balaban J connectivity index is 1.42. The first-order valence-corrected chi connectivity index (χ1v) is 14.4. The van der Waals surface area contributed by atoms with E-state index in [1.54, 1.807) is 13.2 Å². The lowest BCUT2D eigenvalue weighted by atomic mass is 9.51. The number of nitrogens with zero attached hydrogens (tertiary/aromatic N) is 2. The van der Waals surface area contributed by atoms with Crippen LogP contribution in [0.25, 0.3) is 0 Å². The highest BCUT2D eigenvalue weighted by Crippen LogP contribution is 2.65. The average molecular weight is 529 g/mol. The summed E-state index contributed by atoms with van der Waals surface area (Å²) in [6.07, 6.45) is 3.46. The van der Waals surface area contributed by atoms with Gasteiger partial charge in [-0.3, -0.25) is 4.79 Å². The van der Waals surface area contributed by atoms with E-state index < -0.39 is 0 Å². The van der Waals surface area contributed by atoms with Crippen LogP contribution in [0.3, 0.4) is 0 Å². The van der Waals surface area contributed by atoms with Crippen molar-refractivity contribution in [1.82, 2.24) is 9.80 Å². The second kappa shape index (κ2) is 9.48. The van der Waals surface area contributed by atoms with Gasteiger partial charge in [0.1, 0.15) is 11.9 Å². The van der Waals surface area contributed by atoms with E-state index in [4.69, 9.17) is 9.47 Å². The molecule has 0 radical (unpaired) electrons. The van der Waals surface area contributed by atoms with Gasteiger partial charge < -0.3 is 24.4 Å². The highest BCUT2D eigenvalue weighted by Gasteiger charge is 2.66. The van der Waals surface area contributed by atoms with Crippen LogP contribution in [0.5, 0.6) is 17.2 Å². The van der Waals surface area contributed by atoms with Crippen LogP contribution in [-0.2, 0) is 16.6 Å². The molecule has 1 spiro atoms. The van der Waals surface area contributed by atoms with Crippen LogP contribution < -0.4 is 9.47 Å². The fraction of sp³-hybridized carbons (Fsp3) is 0.545. The molecule has 1 saturated carbocycles. The number of likely N-dealkylation sites (tertiary alicyclic amines) is 1. The Labute approximate surface area is 232 Å². The Kier molecular flexibility index (Phi) is 6.34. The Morgan fingerprint density at radius 3 is 2.77 bits per heavy atom. The van der Waals surface area contributed by atoms with E-state index in [1.807, 2.05) is 17.0 Å². The summed E-state index contributed by atoms with van der Waals surface area (Å²) in [7, 11) is 3.84. The molecule has 1 saturated heterocycles.